The first-order valence-corrected chi connectivity index (χ1v) is 10.2. The summed E-state index contributed by atoms with van der Waals surface area (Å²) in [6.07, 6.45) is 0.928. The summed E-state index contributed by atoms with van der Waals surface area (Å²) in [7, 11) is 1.39. The molecule has 1 aliphatic rings. The molecule has 6 nitrogen and oxygen atoms in total. The highest BCUT2D eigenvalue weighted by Crippen LogP contribution is 2.53. The first-order valence-electron chi connectivity index (χ1n) is 10.2. The molecule has 4 rings (SSSR count). The number of aromatic nitrogens is 2. The van der Waals surface area contributed by atoms with E-state index in [4.69, 9.17) is 10.5 Å². The number of hydrogen-bond acceptors (Lipinski definition) is 4. The van der Waals surface area contributed by atoms with Crippen molar-refractivity contribution < 1.29 is 22.7 Å². The lowest BCUT2D eigenvalue weighted by atomic mass is 9.68. The number of methoxy groups -OCH3 is 1. The molecule has 1 amide bonds. The van der Waals surface area contributed by atoms with Gasteiger partial charge in [0.1, 0.15) is 17.3 Å². The van der Waals surface area contributed by atoms with E-state index in [-0.39, 0.29) is 28.8 Å². The second-order valence-corrected chi connectivity index (χ2v) is 8.24. The highest BCUT2D eigenvalue weighted by atomic mass is 19.3. The van der Waals surface area contributed by atoms with Gasteiger partial charge in [0.2, 0.25) is 0 Å². The fourth-order valence-corrected chi connectivity index (χ4v) is 4.62. The number of aromatic amines is 1. The van der Waals surface area contributed by atoms with Crippen LogP contribution in [0.15, 0.2) is 41.3 Å². The third kappa shape index (κ3) is 3.72. The molecule has 0 saturated heterocycles. The van der Waals surface area contributed by atoms with Crippen molar-refractivity contribution in [1.29, 1.82) is 0 Å². The topological polar surface area (TPSA) is 98.1 Å². The lowest BCUT2D eigenvalue weighted by Crippen LogP contribution is -2.38. The van der Waals surface area contributed by atoms with Gasteiger partial charge in [0.15, 0.2) is 5.43 Å². The molecule has 1 fully saturated rings. The molecule has 0 bridgehead atoms. The Morgan fingerprint density at radius 2 is 2.00 bits per heavy atom. The van der Waals surface area contributed by atoms with Crippen LogP contribution in [0.3, 0.4) is 0 Å². The molecule has 1 aliphatic carbocycles. The summed E-state index contributed by atoms with van der Waals surface area (Å²) in [5, 5.41) is 0.00982. The molecule has 32 heavy (non-hydrogen) atoms. The van der Waals surface area contributed by atoms with Gasteiger partial charge >= 0.3 is 0 Å². The van der Waals surface area contributed by atoms with Crippen molar-refractivity contribution in [2.75, 3.05) is 7.11 Å². The molecule has 1 saturated carbocycles. The molecule has 0 aliphatic heterocycles. The van der Waals surface area contributed by atoms with E-state index in [9.17, 15) is 22.8 Å². The molecule has 0 unspecified atom stereocenters. The Morgan fingerprint density at radius 1 is 1.25 bits per heavy atom. The number of nitrogens with one attached hydrogen (secondary N) is 1. The predicted octanol–water partition coefficient (Wildman–Crippen LogP) is 4.10. The van der Waals surface area contributed by atoms with Crippen LogP contribution in [0.5, 0.6) is 5.75 Å². The lowest BCUT2D eigenvalue weighted by molar-refractivity contribution is -0.0906. The number of ether oxygens (including phenoxy) is 1. The molecule has 2 heterocycles. The molecule has 3 aromatic rings. The molecular weight excluding hydrogens is 423 g/mol. The number of carbonyl (C=O) groups excluding carboxylic acids is 1. The van der Waals surface area contributed by atoms with Gasteiger partial charge in [0, 0.05) is 42.3 Å². The summed E-state index contributed by atoms with van der Waals surface area (Å²) in [6.45, 7) is 1.48. The molecule has 0 spiro atoms. The summed E-state index contributed by atoms with van der Waals surface area (Å²) >= 11 is 0. The third-order valence-corrected chi connectivity index (χ3v) is 6.30. The summed E-state index contributed by atoms with van der Waals surface area (Å²) in [6, 6.07) is 6.73. The van der Waals surface area contributed by atoms with Gasteiger partial charge in [-0.2, -0.15) is 0 Å². The Kier molecular flexibility index (Phi) is 5.44. The number of alkyl halides is 2. The quantitative estimate of drug-likeness (QED) is 0.632. The second kappa shape index (κ2) is 7.96. The second-order valence-electron chi connectivity index (χ2n) is 8.24. The van der Waals surface area contributed by atoms with Crippen LogP contribution in [-0.4, -0.2) is 28.9 Å². The average Bonchev–Trinajstić information content (AvgIpc) is 2.74. The first-order chi connectivity index (χ1) is 15.1. The minimum atomic E-state index is -2.96. The van der Waals surface area contributed by atoms with Crippen LogP contribution in [0.4, 0.5) is 13.2 Å². The minimum Gasteiger partial charge on any atom is -0.496 e. The monoisotopic (exact) mass is 445 g/mol. The third-order valence-electron chi connectivity index (χ3n) is 6.30. The molecular formula is C23H22F3N3O3. The van der Waals surface area contributed by atoms with E-state index in [0.29, 0.717) is 11.3 Å². The van der Waals surface area contributed by atoms with E-state index in [0.717, 1.165) is 0 Å². The number of carbonyl (C=O) groups is 1. The standard InChI is InChI=1S/C23H22F3N3O3/c1-11-7-14(13-4-3-12(24)8-19(13)32-2)15(10-23(11,25)26)17-9-18(30)20-16(29-17)5-6-28-21(20)22(27)31/h3-6,8-9,11,14-15H,7,10H2,1-2H3,(H2,27,31)(H,29,30)/t11-,14-,15+/m0/s1. The molecule has 0 radical (unpaired) electrons. The number of benzene rings is 1. The van der Waals surface area contributed by atoms with Gasteiger partial charge in [-0.3, -0.25) is 14.6 Å². The molecule has 9 heteroatoms. The minimum absolute atomic E-state index is 0.00982. The van der Waals surface area contributed by atoms with E-state index < -0.39 is 47.3 Å². The number of halogens is 3. The molecule has 1 aromatic carbocycles. The Balaban J connectivity index is 1.89. The number of H-pyrrole nitrogens is 1. The molecule has 2 aromatic heterocycles. The van der Waals surface area contributed by atoms with Crippen LogP contribution < -0.4 is 15.9 Å². The van der Waals surface area contributed by atoms with E-state index in [1.54, 1.807) is 0 Å². The maximum absolute atomic E-state index is 14.8. The predicted molar refractivity (Wildman–Crippen MR) is 113 cm³/mol. The van der Waals surface area contributed by atoms with Gasteiger partial charge in [-0.05, 0) is 30.0 Å². The fourth-order valence-electron chi connectivity index (χ4n) is 4.62. The SMILES string of the molecule is COc1cc(F)ccc1[C@@H]1C[C@H](C)C(F)(F)C[C@H]1c1cc(=O)c2c(C(N)=O)nccc2[nH]1. The normalized spacial score (nSPS) is 22.6. The number of amides is 1. The zero-order valence-corrected chi connectivity index (χ0v) is 17.5. The molecule has 3 atom stereocenters. The molecule has 3 N–H and O–H groups in total. The van der Waals surface area contributed by atoms with Crippen LogP contribution in [0, 0.1) is 11.7 Å². The van der Waals surface area contributed by atoms with Gasteiger partial charge in [0.05, 0.1) is 18.0 Å². The van der Waals surface area contributed by atoms with Gasteiger partial charge in [0.25, 0.3) is 11.8 Å². The van der Waals surface area contributed by atoms with Gasteiger partial charge in [-0.15, -0.1) is 0 Å². The van der Waals surface area contributed by atoms with Gasteiger partial charge in [-0.1, -0.05) is 13.0 Å². The van der Waals surface area contributed by atoms with Gasteiger partial charge in [-0.25, -0.2) is 13.2 Å². The lowest BCUT2D eigenvalue weighted by Gasteiger charge is -2.40. The number of pyridine rings is 2. The molecule has 168 valence electrons. The van der Waals surface area contributed by atoms with Gasteiger partial charge < -0.3 is 15.5 Å². The first kappa shape index (κ1) is 21.9. The Hall–Kier alpha value is -3.36. The van der Waals surface area contributed by atoms with Crippen LogP contribution >= 0.6 is 0 Å². The van der Waals surface area contributed by atoms with Crippen molar-refractivity contribution in [3.8, 4) is 5.75 Å². The summed E-state index contributed by atoms with van der Waals surface area (Å²) in [4.78, 5) is 31.5. The Labute approximate surface area is 181 Å². The van der Waals surface area contributed by atoms with Crippen LogP contribution in [-0.2, 0) is 0 Å². The number of rotatable bonds is 4. The Bertz CT molecular complexity index is 1260. The maximum Gasteiger partial charge on any atom is 0.268 e. The zero-order chi connectivity index (χ0) is 23.2. The van der Waals surface area contributed by atoms with E-state index >= 15 is 0 Å². The average molecular weight is 445 g/mol. The van der Waals surface area contributed by atoms with E-state index in [2.05, 4.69) is 9.97 Å². The highest BCUT2D eigenvalue weighted by molar-refractivity contribution is 6.03. The van der Waals surface area contributed by atoms with E-state index in [1.165, 1.54) is 50.6 Å². The van der Waals surface area contributed by atoms with Crippen LogP contribution in [0.2, 0.25) is 0 Å². The van der Waals surface area contributed by atoms with E-state index in [1.807, 2.05) is 0 Å². The summed E-state index contributed by atoms with van der Waals surface area (Å²) < 4.78 is 48.7. The Morgan fingerprint density at radius 3 is 2.69 bits per heavy atom. The van der Waals surface area contributed by atoms with Crippen molar-refractivity contribution >= 4 is 16.8 Å². The summed E-state index contributed by atoms with van der Waals surface area (Å²) in [5.41, 5.74) is 5.77. The number of nitrogens with two attached hydrogens (primary N) is 1. The number of fused-ring (bicyclic) bond motifs is 1. The largest absolute Gasteiger partial charge is 0.496 e. The van der Waals surface area contributed by atoms with Crippen molar-refractivity contribution in [3.05, 3.63) is 69.5 Å². The zero-order valence-electron chi connectivity index (χ0n) is 17.5. The summed E-state index contributed by atoms with van der Waals surface area (Å²) in [5.74, 6) is -6.20. The number of nitrogens with zero attached hydrogens (tertiary/aromatic N) is 1. The fraction of sp³-hybridized carbons (Fsp3) is 0.348. The van der Waals surface area contributed by atoms with Crippen molar-refractivity contribution in [1.82, 2.24) is 9.97 Å². The maximum atomic E-state index is 14.8. The number of primary amides is 1. The van der Waals surface area contributed by atoms with Crippen molar-refractivity contribution in [3.63, 3.8) is 0 Å². The van der Waals surface area contributed by atoms with Crippen molar-refractivity contribution in [2.24, 2.45) is 11.7 Å². The van der Waals surface area contributed by atoms with Crippen LogP contribution in [0.1, 0.15) is 53.3 Å². The van der Waals surface area contributed by atoms with Crippen LogP contribution in [0.25, 0.3) is 10.9 Å². The smallest absolute Gasteiger partial charge is 0.268 e. The highest BCUT2D eigenvalue weighted by Gasteiger charge is 2.48. The number of hydrogen-bond donors (Lipinski definition) is 2. The van der Waals surface area contributed by atoms with Crippen molar-refractivity contribution in [2.45, 2.75) is 37.5 Å².